The van der Waals surface area contributed by atoms with Crippen molar-refractivity contribution in [2.24, 2.45) is 0 Å². The molecular weight excluding hydrogens is 1360 g/mol. The van der Waals surface area contributed by atoms with Gasteiger partial charge in [-0.05, 0) is 220 Å². The highest BCUT2D eigenvalue weighted by Gasteiger charge is 2.23. The molecule has 22 rings (SSSR count). The molecular formula is C103H67N9. The summed E-state index contributed by atoms with van der Waals surface area (Å²) in [6.45, 7) is 0. The Morgan fingerprint density at radius 3 is 0.982 bits per heavy atom. The van der Waals surface area contributed by atoms with Gasteiger partial charge in [0.1, 0.15) is 0 Å². The molecule has 0 saturated carbocycles. The Morgan fingerprint density at radius 1 is 0.170 bits per heavy atom. The van der Waals surface area contributed by atoms with Gasteiger partial charge in [0.05, 0.1) is 77.9 Å². The van der Waals surface area contributed by atoms with E-state index in [2.05, 4.69) is 368 Å². The van der Waals surface area contributed by atoms with Crippen molar-refractivity contribution in [1.29, 1.82) is 0 Å². The van der Waals surface area contributed by atoms with Crippen LogP contribution in [0, 0.1) is 0 Å². The molecule has 9 nitrogen and oxygen atoms in total. The maximum Gasteiger partial charge on any atom is 0.0963 e. The van der Waals surface area contributed by atoms with Crippen molar-refractivity contribution in [2.45, 2.75) is 0 Å². The summed E-state index contributed by atoms with van der Waals surface area (Å²) in [5.41, 5.74) is 32.9. The summed E-state index contributed by atoms with van der Waals surface area (Å²) >= 11 is 0. The molecule has 524 valence electrons. The summed E-state index contributed by atoms with van der Waals surface area (Å²) in [5.74, 6) is 0. The van der Waals surface area contributed by atoms with Crippen molar-refractivity contribution in [3.8, 4) is 112 Å². The highest BCUT2D eigenvalue weighted by Crippen LogP contribution is 2.45. The molecule has 9 aromatic heterocycles. The van der Waals surface area contributed by atoms with Crippen LogP contribution in [0.25, 0.3) is 200 Å². The van der Waals surface area contributed by atoms with Crippen LogP contribution in [0.5, 0.6) is 0 Å². The van der Waals surface area contributed by atoms with Crippen LogP contribution >= 0.6 is 0 Å². The maximum atomic E-state index is 5.18. The summed E-state index contributed by atoms with van der Waals surface area (Å²) in [6, 6.07) is 136. The van der Waals surface area contributed by atoms with E-state index in [1.54, 1.807) is 0 Å². The van der Waals surface area contributed by atoms with Crippen LogP contribution in [-0.2, 0) is 0 Å². The van der Waals surface area contributed by atoms with Crippen molar-refractivity contribution < 1.29 is 0 Å². The van der Waals surface area contributed by atoms with E-state index in [9.17, 15) is 0 Å². The monoisotopic (exact) mass is 1430 g/mol. The van der Waals surface area contributed by atoms with Crippen molar-refractivity contribution in [3.05, 3.63) is 407 Å². The molecule has 0 amide bonds. The highest BCUT2D eigenvalue weighted by atomic mass is 15.0. The second-order valence-electron chi connectivity index (χ2n) is 28.3. The van der Waals surface area contributed by atoms with E-state index in [4.69, 9.17) is 15.0 Å². The molecule has 0 fully saturated rings. The SMILES string of the molecule is c1ccc(-c2cc(-c3ccccc3)nc(-c3ccc(-n4c5ccccc5c5c(-c6ccc7c(c6)c6ncccc6n7-c6ccccc6)cccc54)cc3)c2)cc1.c1ccc(-n2c3ccc(-c4cccc5c4c4ccccc4n5-c4ccc(-c5cc(-c6ccccn6)cc(-c6ccccn6)c5)cc4)cc3c3ncccc32)cc1. The number of pyridine rings is 5. The Bertz CT molecular complexity index is 6760. The third-order valence-electron chi connectivity index (χ3n) is 21.8. The van der Waals surface area contributed by atoms with E-state index < -0.39 is 0 Å². The fourth-order valence-corrected chi connectivity index (χ4v) is 16.8. The number of rotatable bonds is 12. The van der Waals surface area contributed by atoms with E-state index in [-0.39, 0.29) is 0 Å². The van der Waals surface area contributed by atoms with Gasteiger partial charge in [0.2, 0.25) is 0 Å². The molecule has 22 aromatic rings. The molecule has 0 unspecified atom stereocenters. The summed E-state index contributed by atoms with van der Waals surface area (Å²) < 4.78 is 9.41. The summed E-state index contributed by atoms with van der Waals surface area (Å²) in [5, 5.41) is 7.17. The molecule has 0 aliphatic rings. The average molecular weight is 1430 g/mol. The minimum Gasteiger partial charge on any atom is -0.309 e. The van der Waals surface area contributed by atoms with Gasteiger partial charge in [-0.2, -0.15) is 0 Å². The number of nitrogens with zero attached hydrogens (tertiary/aromatic N) is 9. The van der Waals surface area contributed by atoms with Gasteiger partial charge in [-0.15, -0.1) is 0 Å². The van der Waals surface area contributed by atoms with Gasteiger partial charge < -0.3 is 18.3 Å². The van der Waals surface area contributed by atoms with E-state index in [0.29, 0.717) is 0 Å². The fourth-order valence-electron chi connectivity index (χ4n) is 16.8. The molecule has 0 bridgehead atoms. The lowest BCUT2D eigenvalue weighted by atomic mass is 9.96. The second kappa shape index (κ2) is 27.5. The standard InChI is InChI=1S/C52H34N4.C51H33N5/c1-4-14-35(15-5-1)39-33-45(36-16-6-2-7-17-36)54-46(34-39)37-25-28-41(29-26-37)55-47-22-11-10-20-43(47)51-42(21-12-23-49(51)55)38-27-30-48-44(32-38)52-50(24-13-31-53-52)56(48)40-18-8-3-9-19-40;1-2-12-39(13-3-1)56-47-26-23-35(33-43(47)51-49(56)20-11-29-54-51)41-15-10-19-48-50(41)42-14-4-5-18-46(42)55(48)40-24-21-34(22-25-40)36-30-37(44-16-6-8-27-52-44)32-38(31-36)45-17-7-9-28-53-45/h1-34H;1-33H. The van der Waals surface area contributed by atoms with Crippen LogP contribution in [0.15, 0.2) is 407 Å². The van der Waals surface area contributed by atoms with Crippen LogP contribution in [-0.4, -0.2) is 43.2 Å². The van der Waals surface area contributed by atoms with Crippen molar-refractivity contribution in [2.75, 3.05) is 0 Å². The summed E-state index contributed by atoms with van der Waals surface area (Å²) in [6.07, 6.45) is 7.46. The Kier molecular flexibility index (Phi) is 16.0. The third-order valence-corrected chi connectivity index (χ3v) is 21.8. The van der Waals surface area contributed by atoms with Gasteiger partial charge in [0.15, 0.2) is 0 Å². The molecule has 9 heteroatoms. The minimum atomic E-state index is 0.932. The smallest absolute Gasteiger partial charge is 0.0963 e. The second-order valence-corrected chi connectivity index (χ2v) is 28.3. The van der Waals surface area contributed by atoms with Crippen LogP contribution < -0.4 is 0 Å². The van der Waals surface area contributed by atoms with E-state index in [1.807, 2.05) is 67.3 Å². The zero-order chi connectivity index (χ0) is 74.0. The number of fused-ring (bicyclic) bond motifs is 12. The third kappa shape index (κ3) is 11.4. The number of para-hydroxylation sites is 4. The molecule has 112 heavy (non-hydrogen) atoms. The van der Waals surface area contributed by atoms with Crippen LogP contribution in [0.4, 0.5) is 0 Å². The van der Waals surface area contributed by atoms with E-state index >= 15 is 0 Å². The van der Waals surface area contributed by atoms with Gasteiger partial charge in [-0.3, -0.25) is 19.9 Å². The quantitative estimate of drug-likeness (QED) is 0.122. The topological polar surface area (TPSA) is 84.2 Å². The van der Waals surface area contributed by atoms with Gasteiger partial charge in [0, 0.05) is 102 Å². The zero-order valence-electron chi connectivity index (χ0n) is 60.7. The predicted octanol–water partition coefficient (Wildman–Crippen LogP) is 26.1. The lowest BCUT2D eigenvalue weighted by Crippen LogP contribution is -1.95. The predicted molar refractivity (Wildman–Crippen MR) is 463 cm³/mol. The molecule has 9 heterocycles. The molecule has 0 radical (unpaired) electrons. The maximum absolute atomic E-state index is 5.18. The van der Waals surface area contributed by atoms with Crippen LogP contribution in [0.1, 0.15) is 0 Å². The average Bonchev–Trinajstić information content (AvgIpc) is 1.55. The van der Waals surface area contributed by atoms with Gasteiger partial charge in [-0.25, -0.2) is 4.98 Å². The molecule has 0 atom stereocenters. The first-order chi connectivity index (χ1) is 55.6. The number of hydrogen-bond donors (Lipinski definition) is 0. The molecule has 0 spiro atoms. The molecule has 0 aliphatic carbocycles. The minimum absolute atomic E-state index is 0.932. The first kappa shape index (κ1) is 65.1. The summed E-state index contributed by atoms with van der Waals surface area (Å²) in [7, 11) is 0. The summed E-state index contributed by atoms with van der Waals surface area (Å²) in [4.78, 5) is 24.3. The lowest BCUT2D eigenvalue weighted by Gasteiger charge is -2.12. The van der Waals surface area contributed by atoms with Crippen molar-refractivity contribution >= 4 is 87.5 Å². The number of benzene rings is 13. The number of hydrogen-bond acceptors (Lipinski definition) is 5. The van der Waals surface area contributed by atoms with E-state index in [1.165, 1.54) is 49.3 Å². The largest absolute Gasteiger partial charge is 0.309 e. The molecule has 13 aromatic carbocycles. The first-order valence-corrected chi connectivity index (χ1v) is 37.8. The van der Waals surface area contributed by atoms with E-state index in [0.717, 1.165) is 151 Å². The highest BCUT2D eigenvalue weighted by molar-refractivity contribution is 6.19. The van der Waals surface area contributed by atoms with Crippen LogP contribution in [0.2, 0.25) is 0 Å². The van der Waals surface area contributed by atoms with Crippen LogP contribution in [0.3, 0.4) is 0 Å². The normalized spacial score (nSPS) is 11.6. The Labute approximate surface area is 645 Å². The van der Waals surface area contributed by atoms with Crippen molar-refractivity contribution in [3.63, 3.8) is 0 Å². The zero-order valence-corrected chi connectivity index (χ0v) is 60.7. The van der Waals surface area contributed by atoms with Gasteiger partial charge in [-0.1, -0.05) is 206 Å². The first-order valence-electron chi connectivity index (χ1n) is 37.8. The van der Waals surface area contributed by atoms with Gasteiger partial charge >= 0.3 is 0 Å². The Balaban J connectivity index is 0.000000141. The molecule has 0 N–H and O–H groups in total. The number of aromatic nitrogens is 9. The molecule has 0 saturated heterocycles. The fraction of sp³-hybridized carbons (Fsp3) is 0. The Morgan fingerprint density at radius 2 is 0.509 bits per heavy atom. The lowest BCUT2D eigenvalue weighted by molar-refractivity contribution is 1.17. The Hall–Kier alpha value is -15.2. The van der Waals surface area contributed by atoms with Gasteiger partial charge in [0.25, 0.3) is 0 Å². The molecule has 0 aliphatic heterocycles. The van der Waals surface area contributed by atoms with Crippen molar-refractivity contribution in [1.82, 2.24) is 43.2 Å².